The fraction of sp³-hybridized carbons (Fsp3) is 0.286. The first-order valence-electron chi connectivity index (χ1n) is 4.29. The van der Waals surface area contributed by atoms with Crippen LogP contribution in [0.25, 0.3) is 0 Å². The van der Waals surface area contributed by atoms with Crippen LogP contribution in [0.1, 0.15) is 21.6 Å². The minimum absolute atomic E-state index is 0.340. The highest BCUT2D eigenvalue weighted by Crippen LogP contribution is 2.35. The van der Waals surface area contributed by atoms with Gasteiger partial charge in [0.15, 0.2) is 5.01 Å². The van der Waals surface area contributed by atoms with E-state index in [2.05, 4.69) is 19.2 Å². The maximum Gasteiger partial charge on any atom is 0.443 e. The first-order valence-corrected chi connectivity index (χ1v) is 5.83. The average molecular weight is 281 g/mol. The molecule has 2 heterocycles. The minimum atomic E-state index is -4.44. The summed E-state index contributed by atoms with van der Waals surface area (Å²) in [6, 6.07) is -0.623. The van der Waals surface area contributed by atoms with E-state index < -0.39 is 17.2 Å². The summed E-state index contributed by atoms with van der Waals surface area (Å²) in [6.45, 7) is 0. The lowest BCUT2D eigenvalue weighted by Gasteiger charge is -2.09. The highest BCUT2D eigenvalue weighted by Gasteiger charge is 2.35. The Morgan fingerprint density at radius 2 is 2.12 bits per heavy atom. The molecule has 0 aliphatic heterocycles. The number of rotatable bonds is 3. The van der Waals surface area contributed by atoms with Crippen molar-refractivity contribution in [2.24, 2.45) is 5.84 Å². The molecule has 0 fully saturated rings. The average Bonchev–Trinajstić information content (AvgIpc) is 2.87. The van der Waals surface area contributed by atoms with Crippen molar-refractivity contribution in [3.8, 4) is 0 Å². The van der Waals surface area contributed by atoms with Gasteiger partial charge in [0.1, 0.15) is 6.04 Å². The molecule has 3 N–H and O–H groups in total. The van der Waals surface area contributed by atoms with Gasteiger partial charge >= 0.3 is 6.18 Å². The first kappa shape index (κ1) is 12.4. The van der Waals surface area contributed by atoms with Crippen LogP contribution in [-0.4, -0.2) is 13.7 Å². The van der Waals surface area contributed by atoms with Gasteiger partial charge in [-0.05, 0) is 0 Å². The van der Waals surface area contributed by atoms with E-state index in [1.54, 1.807) is 0 Å². The lowest BCUT2D eigenvalue weighted by Crippen LogP contribution is -2.28. The number of nitrogens with two attached hydrogens (primary N) is 1. The Morgan fingerprint density at radius 3 is 2.59 bits per heavy atom. The van der Waals surface area contributed by atoms with Crippen molar-refractivity contribution in [3.05, 3.63) is 28.0 Å². The highest BCUT2D eigenvalue weighted by molar-refractivity contribution is 7.11. The van der Waals surface area contributed by atoms with Gasteiger partial charge in [-0.2, -0.15) is 21.9 Å². The van der Waals surface area contributed by atoms with Gasteiger partial charge in [-0.25, -0.2) is 10.4 Å². The molecular weight excluding hydrogens is 275 g/mol. The van der Waals surface area contributed by atoms with Crippen LogP contribution in [0.3, 0.4) is 0 Å². The quantitative estimate of drug-likeness (QED) is 0.659. The third-order valence-electron chi connectivity index (χ3n) is 1.89. The van der Waals surface area contributed by atoms with Crippen LogP contribution < -0.4 is 11.3 Å². The molecule has 0 aromatic carbocycles. The van der Waals surface area contributed by atoms with Gasteiger partial charge in [-0.1, -0.05) is 0 Å². The van der Waals surface area contributed by atoms with Crippen LogP contribution in [0.15, 0.2) is 12.4 Å². The Morgan fingerprint density at radius 1 is 1.35 bits per heavy atom. The number of thiazole rings is 1. The molecule has 0 radical (unpaired) electrons. The summed E-state index contributed by atoms with van der Waals surface area (Å²) in [6.07, 6.45) is -1.86. The van der Waals surface area contributed by atoms with Gasteiger partial charge < -0.3 is 0 Å². The second kappa shape index (κ2) is 4.64. The molecule has 1 unspecified atom stereocenters. The fourth-order valence-corrected chi connectivity index (χ4v) is 2.47. The van der Waals surface area contributed by atoms with E-state index in [1.165, 1.54) is 6.20 Å². The molecule has 17 heavy (non-hydrogen) atoms. The Hall–Kier alpha value is -1.10. The predicted octanol–water partition coefficient (Wildman–Crippen LogP) is 1.57. The van der Waals surface area contributed by atoms with Crippen LogP contribution in [0.2, 0.25) is 0 Å². The molecule has 5 nitrogen and oxygen atoms in total. The number of hydrazine groups is 1. The van der Waals surface area contributed by atoms with E-state index in [-0.39, 0.29) is 0 Å². The molecule has 92 valence electrons. The largest absolute Gasteiger partial charge is 0.443 e. The van der Waals surface area contributed by atoms with E-state index in [1.807, 2.05) is 0 Å². The van der Waals surface area contributed by atoms with Crippen LogP contribution in [0.5, 0.6) is 0 Å². The number of halogens is 3. The summed E-state index contributed by atoms with van der Waals surface area (Å²) >= 11 is 1.49. The molecule has 0 aliphatic carbocycles. The summed E-state index contributed by atoms with van der Waals surface area (Å²) < 4.78 is 44.8. The second-order valence-electron chi connectivity index (χ2n) is 3.00. The molecule has 0 amide bonds. The first-order chi connectivity index (χ1) is 8.02. The fourth-order valence-electron chi connectivity index (χ4n) is 1.16. The highest BCUT2D eigenvalue weighted by atomic mass is 32.1. The van der Waals surface area contributed by atoms with E-state index in [0.29, 0.717) is 21.9 Å². The SMILES string of the molecule is NNC(c1cnsn1)c1cnc(C(F)(F)F)s1. The molecule has 10 heteroatoms. The molecular formula is C7H6F3N5S2. The van der Waals surface area contributed by atoms with Crippen molar-refractivity contribution >= 4 is 23.1 Å². The number of hydrogen-bond acceptors (Lipinski definition) is 7. The van der Waals surface area contributed by atoms with Crippen molar-refractivity contribution in [2.75, 3.05) is 0 Å². The topological polar surface area (TPSA) is 76.7 Å². The smallest absolute Gasteiger partial charge is 0.270 e. The van der Waals surface area contributed by atoms with Crippen molar-refractivity contribution in [1.29, 1.82) is 0 Å². The van der Waals surface area contributed by atoms with Gasteiger partial charge in [-0.3, -0.25) is 5.84 Å². The molecule has 0 saturated heterocycles. The van der Waals surface area contributed by atoms with Crippen LogP contribution in [-0.2, 0) is 6.18 Å². The zero-order valence-corrected chi connectivity index (χ0v) is 9.73. The summed E-state index contributed by atoms with van der Waals surface area (Å²) in [5, 5.41) is -0.907. The normalized spacial score (nSPS) is 13.9. The standard InChI is InChI=1S/C7H6F3N5S2/c8-7(9,10)6-12-2-4(16-6)5(14-11)3-1-13-17-15-3/h1-2,5,14H,11H2. The van der Waals surface area contributed by atoms with Crippen molar-refractivity contribution in [1.82, 2.24) is 19.2 Å². The summed E-state index contributed by atoms with van der Waals surface area (Å²) in [7, 11) is 0. The van der Waals surface area contributed by atoms with Crippen molar-refractivity contribution in [3.63, 3.8) is 0 Å². The summed E-state index contributed by atoms with van der Waals surface area (Å²) in [5.41, 5.74) is 2.86. The summed E-state index contributed by atoms with van der Waals surface area (Å²) in [4.78, 5) is 3.66. The van der Waals surface area contributed by atoms with Gasteiger partial charge in [0.25, 0.3) is 0 Å². The molecule has 0 spiro atoms. The van der Waals surface area contributed by atoms with E-state index in [4.69, 9.17) is 5.84 Å². The Bertz CT molecular complexity index is 480. The molecule has 2 aromatic rings. The lowest BCUT2D eigenvalue weighted by molar-refractivity contribution is -0.137. The molecule has 0 saturated carbocycles. The number of nitrogens with zero attached hydrogens (tertiary/aromatic N) is 3. The van der Waals surface area contributed by atoms with E-state index >= 15 is 0 Å². The third-order valence-corrected chi connectivity index (χ3v) is 3.49. The third kappa shape index (κ3) is 2.60. The molecule has 0 bridgehead atoms. The van der Waals surface area contributed by atoms with Gasteiger partial charge in [0, 0.05) is 11.1 Å². The van der Waals surface area contributed by atoms with Gasteiger partial charge in [0.2, 0.25) is 0 Å². The minimum Gasteiger partial charge on any atom is -0.270 e. The molecule has 2 rings (SSSR count). The van der Waals surface area contributed by atoms with Crippen LogP contribution in [0, 0.1) is 0 Å². The molecule has 2 aromatic heterocycles. The Balaban J connectivity index is 2.30. The maximum atomic E-state index is 12.4. The van der Waals surface area contributed by atoms with Crippen LogP contribution in [0.4, 0.5) is 13.2 Å². The zero-order valence-electron chi connectivity index (χ0n) is 8.10. The molecule has 1 atom stereocenters. The van der Waals surface area contributed by atoms with E-state index in [0.717, 1.165) is 17.9 Å². The Labute approximate surface area is 102 Å². The van der Waals surface area contributed by atoms with Crippen LogP contribution >= 0.6 is 23.1 Å². The lowest BCUT2D eigenvalue weighted by atomic mass is 10.2. The zero-order chi connectivity index (χ0) is 12.5. The predicted molar refractivity (Wildman–Crippen MR) is 56.2 cm³/mol. The van der Waals surface area contributed by atoms with Gasteiger partial charge in [0.05, 0.1) is 23.6 Å². The van der Waals surface area contributed by atoms with Gasteiger partial charge in [-0.15, -0.1) is 11.3 Å². The number of hydrogen-bond donors (Lipinski definition) is 2. The second-order valence-corrected chi connectivity index (χ2v) is 4.62. The Kier molecular flexibility index (Phi) is 3.38. The molecule has 0 aliphatic rings. The van der Waals surface area contributed by atoms with Crippen molar-refractivity contribution in [2.45, 2.75) is 12.2 Å². The summed E-state index contributed by atoms with van der Waals surface area (Å²) in [5.74, 6) is 5.30. The monoisotopic (exact) mass is 281 g/mol. The number of aromatic nitrogens is 3. The number of nitrogens with one attached hydrogen (secondary N) is 1. The number of alkyl halides is 3. The van der Waals surface area contributed by atoms with E-state index in [9.17, 15) is 13.2 Å². The van der Waals surface area contributed by atoms with Crippen molar-refractivity contribution < 1.29 is 13.2 Å². The maximum absolute atomic E-state index is 12.4.